The Kier molecular flexibility index (Phi) is 7.43. The lowest BCUT2D eigenvalue weighted by atomic mass is 10.1. The van der Waals surface area contributed by atoms with E-state index in [9.17, 15) is 18.0 Å². The van der Waals surface area contributed by atoms with Gasteiger partial charge in [0.1, 0.15) is 5.60 Å². The van der Waals surface area contributed by atoms with E-state index >= 15 is 0 Å². The van der Waals surface area contributed by atoms with Gasteiger partial charge < -0.3 is 9.64 Å². The number of halogens is 1. The van der Waals surface area contributed by atoms with Gasteiger partial charge in [-0.1, -0.05) is 35.9 Å². The van der Waals surface area contributed by atoms with E-state index in [4.69, 9.17) is 16.3 Å². The number of carbonyl (C=O) groups is 2. The van der Waals surface area contributed by atoms with E-state index in [1.165, 1.54) is 8.87 Å². The molecule has 40 heavy (non-hydrogen) atoms. The summed E-state index contributed by atoms with van der Waals surface area (Å²) >= 11 is 5.96. The van der Waals surface area contributed by atoms with Crippen molar-refractivity contribution < 1.29 is 22.7 Å². The first-order chi connectivity index (χ1) is 18.9. The molecule has 0 bridgehead atoms. The summed E-state index contributed by atoms with van der Waals surface area (Å²) in [6.45, 7) is 5.48. The molecule has 0 N–H and O–H groups in total. The summed E-state index contributed by atoms with van der Waals surface area (Å²) in [5.41, 5.74) is 2.24. The molecule has 1 saturated heterocycles. The molecule has 0 radical (unpaired) electrons. The van der Waals surface area contributed by atoms with Gasteiger partial charge in [-0.3, -0.25) is 9.78 Å². The van der Waals surface area contributed by atoms with Gasteiger partial charge in [0, 0.05) is 41.6 Å². The number of aromatic nitrogens is 2. The number of pyridine rings is 1. The maximum atomic E-state index is 13.3. The Morgan fingerprint density at radius 3 is 2.27 bits per heavy atom. The summed E-state index contributed by atoms with van der Waals surface area (Å²) < 4.78 is 34.9. The Hall–Kier alpha value is -3.73. The molecule has 5 rings (SSSR count). The molecule has 4 aromatic rings. The first kappa shape index (κ1) is 27.8. The van der Waals surface area contributed by atoms with Gasteiger partial charge in [0.15, 0.2) is 0 Å². The molecule has 0 atom stereocenters. The minimum atomic E-state index is -3.88. The number of amides is 1. The molecule has 2 aromatic heterocycles. The number of rotatable bonds is 5. The minimum Gasteiger partial charge on any atom is -0.443 e. The van der Waals surface area contributed by atoms with Crippen LogP contribution in [0.3, 0.4) is 0 Å². The number of ether oxygens (including phenoxy) is 1. The number of hydrogen-bond donors (Lipinski definition) is 0. The third kappa shape index (κ3) is 5.74. The van der Waals surface area contributed by atoms with Crippen molar-refractivity contribution in [1.29, 1.82) is 0 Å². The van der Waals surface area contributed by atoms with Crippen LogP contribution >= 0.6 is 11.6 Å². The van der Waals surface area contributed by atoms with Crippen LogP contribution in [-0.2, 0) is 26.1 Å². The normalized spacial score (nSPS) is 15.0. The highest BCUT2D eigenvalue weighted by Crippen LogP contribution is 2.26. The van der Waals surface area contributed by atoms with Crippen LogP contribution in [0.5, 0.6) is 0 Å². The maximum Gasteiger partial charge on any atom is 0.419 e. The molecule has 11 heteroatoms. The predicted octanol–water partition coefficient (Wildman–Crippen LogP) is 5.17. The monoisotopic (exact) mass is 580 g/mol. The third-order valence-corrected chi connectivity index (χ3v) is 8.67. The van der Waals surface area contributed by atoms with Crippen molar-refractivity contribution in [3.8, 4) is 11.1 Å². The topological polar surface area (TPSA) is 102 Å². The zero-order valence-corrected chi connectivity index (χ0v) is 23.9. The molecule has 2 aromatic carbocycles. The van der Waals surface area contributed by atoms with Crippen molar-refractivity contribution in [2.24, 2.45) is 0 Å². The predicted molar refractivity (Wildman–Crippen MR) is 152 cm³/mol. The van der Waals surface area contributed by atoms with Crippen molar-refractivity contribution in [3.63, 3.8) is 0 Å². The molecule has 1 aliphatic heterocycles. The fourth-order valence-corrected chi connectivity index (χ4v) is 6.12. The smallest absolute Gasteiger partial charge is 0.419 e. The Morgan fingerprint density at radius 2 is 1.65 bits per heavy atom. The van der Waals surface area contributed by atoms with E-state index < -0.39 is 21.7 Å². The molecule has 0 spiro atoms. The standard InChI is InChI=1S/C29H29ClN4O5S/c1-29(2,3)39-28(36)34-24(16-22-17-31-13-12-26(22)34)18-32-14-15-33(19-27(32)35)40(37,38)25-10-6-21(7-11-25)20-4-8-23(30)9-5-20/h4-13,16-17H,14-15,18-19H2,1-3H3. The van der Waals surface area contributed by atoms with Crippen LogP contribution in [0.4, 0.5) is 4.79 Å². The molecule has 0 aliphatic carbocycles. The van der Waals surface area contributed by atoms with Crippen LogP contribution < -0.4 is 0 Å². The molecular weight excluding hydrogens is 552 g/mol. The summed E-state index contributed by atoms with van der Waals surface area (Å²) in [6, 6.07) is 17.3. The van der Waals surface area contributed by atoms with E-state index in [0.29, 0.717) is 16.2 Å². The molecule has 9 nitrogen and oxygen atoms in total. The second-order valence-electron chi connectivity index (χ2n) is 10.6. The Labute approximate surface area is 238 Å². The highest BCUT2D eigenvalue weighted by molar-refractivity contribution is 7.89. The Balaban J connectivity index is 1.32. The first-order valence-corrected chi connectivity index (χ1v) is 14.6. The van der Waals surface area contributed by atoms with Gasteiger partial charge in [0.25, 0.3) is 0 Å². The van der Waals surface area contributed by atoms with E-state index in [2.05, 4.69) is 4.98 Å². The van der Waals surface area contributed by atoms with E-state index in [1.807, 2.05) is 12.1 Å². The Morgan fingerprint density at radius 1 is 1.00 bits per heavy atom. The quantitative estimate of drug-likeness (QED) is 0.323. The van der Waals surface area contributed by atoms with Gasteiger partial charge in [-0.15, -0.1) is 0 Å². The number of carbonyl (C=O) groups excluding carboxylic acids is 2. The number of sulfonamides is 1. The maximum absolute atomic E-state index is 13.3. The van der Waals surface area contributed by atoms with Crippen LogP contribution in [0.1, 0.15) is 26.5 Å². The highest BCUT2D eigenvalue weighted by atomic mass is 35.5. The van der Waals surface area contributed by atoms with Gasteiger partial charge in [0.05, 0.1) is 23.5 Å². The van der Waals surface area contributed by atoms with Crippen LogP contribution in [0.25, 0.3) is 22.0 Å². The molecule has 1 fully saturated rings. The Bertz CT molecular complexity index is 1680. The van der Waals surface area contributed by atoms with Gasteiger partial charge in [0.2, 0.25) is 15.9 Å². The molecule has 1 aliphatic rings. The fraction of sp³-hybridized carbons (Fsp3) is 0.276. The van der Waals surface area contributed by atoms with Crippen molar-refractivity contribution in [2.75, 3.05) is 19.6 Å². The molecule has 3 heterocycles. The zero-order valence-electron chi connectivity index (χ0n) is 22.4. The van der Waals surface area contributed by atoms with E-state index in [-0.39, 0.29) is 37.0 Å². The number of benzene rings is 2. The van der Waals surface area contributed by atoms with Crippen LogP contribution in [0.2, 0.25) is 5.02 Å². The summed E-state index contributed by atoms with van der Waals surface area (Å²) in [7, 11) is -3.88. The second kappa shape index (κ2) is 10.7. The average Bonchev–Trinajstić information content (AvgIpc) is 3.27. The summed E-state index contributed by atoms with van der Waals surface area (Å²) in [5, 5.41) is 1.36. The van der Waals surface area contributed by atoms with Gasteiger partial charge >= 0.3 is 6.09 Å². The molecule has 1 amide bonds. The zero-order chi connectivity index (χ0) is 28.7. The summed E-state index contributed by atoms with van der Waals surface area (Å²) in [5.74, 6) is -0.355. The molecule has 0 unspecified atom stereocenters. The lowest BCUT2D eigenvalue weighted by molar-refractivity contribution is -0.134. The lowest BCUT2D eigenvalue weighted by Gasteiger charge is -2.33. The third-order valence-electron chi connectivity index (χ3n) is 6.56. The van der Waals surface area contributed by atoms with Gasteiger partial charge in [-0.25, -0.2) is 17.8 Å². The molecule has 0 saturated carbocycles. The lowest BCUT2D eigenvalue weighted by Crippen LogP contribution is -2.51. The van der Waals surface area contributed by atoms with Crippen molar-refractivity contribution in [2.45, 2.75) is 37.8 Å². The second-order valence-corrected chi connectivity index (χ2v) is 12.9. The summed E-state index contributed by atoms with van der Waals surface area (Å²) in [6.07, 6.45) is 2.67. The first-order valence-electron chi connectivity index (χ1n) is 12.7. The number of hydrogen-bond acceptors (Lipinski definition) is 6. The van der Waals surface area contributed by atoms with Crippen LogP contribution in [0, 0.1) is 0 Å². The van der Waals surface area contributed by atoms with Crippen molar-refractivity contribution in [3.05, 3.63) is 83.8 Å². The largest absolute Gasteiger partial charge is 0.443 e. The summed E-state index contributed by atoms with van der Waals surface area (Å²) in [4.78, 5) is 32.0. The van der Waals surface area contributed by atoms with E-state index in [0.717, 1.165) is 16.5 Å². The molecule has 208 valence electrons. The minimum absolute atomic E-state index is 0.115. The van der Waals surface area contributed by atoms with Gasteiger partial charge in [-0.05, 0) is 68.3 Å². The van der Waals surface area contributed by atoms with E-state index in [1.54, 1.807) is 86.6 Å². The molecular formula is C29H29ClN4O5S. The fourth-order valence-electron chi connectivity index (χ4n) is 4.62. The SMILES string of the molecule is CC(C)(C)OC(=O)n1c(CN2CCN(S(=O)(=O)c3ccc(-c4ccc(Cl)cc4)cc3)CC2=O)cc2cnccc21. The number of fused-ring (bicyclic) bond motifs is 1. The average molecular weight is 581 g/mol. The van der Waals surface area contributed by atoms with Crippen LogP contribution in [-0.4, -0.2) is 64.4 Å². The van der Waals surface area contributed by atoms with Gasteiger partial charge in [-0.2, -0.15) is 4.31 Å². The number of piperazine rings is 1. The highest BCUT2D eigenvalue weighted by Gasteiger charge is 2.34. The van der Waals surface area contributed by atoms with Crippen LogP contribution in [0.15, 0.2) is 78.0 Å². The van der Waals surface area contributed by atoms with Crippen molar-refractivity contribution >= 4 is 44.5 Å². The van der Waals surface area contributed by atoms with Crippen molar-refractivity contribution in [1.82, 2.24) is 18.8 Å². The number of nitrogens with zero attached hydrogens (tertiary/aromatic N) is 4.